The van der Waals surface area contributed by atoms with Crippen LogP contribution in [0, 0.1) is 6.92 Å². The maximum atomic E-state index is 12.9. The van der Waals surface area contributed by atoms with E-state index >= 15 is 0 Å². The van der Waals surface area contributed by atoms with Crippen LogP contribution >= 0.6 is 0 Å². The van der Waals surface area contributed by atoms with Crippen LogP contribution < -0.4 is 0 Å². The van der Waals surface area contributed by atoms with Crippen molar-refractivity contribution < 1.29 is 9.53 Å². The molecule has 7 heteroatoms. The first kappa shape index (κ1) is 31.2. The highest BCUT2D eigenvalue weighted by atomic mass is 16.6. The lowest BCUT2D eigenvalue weighted by Crippen LogP contribution is -2.26. The summed E-state index contributed by atoms with van der Waals surface area (Å²) in [6.07, 6.45) is 4.93. The van der Waals surface area contributed by atoms with Gasteiger partial charge in [0.25, 0.3) is 0 Å². The van der Waals surface area contributed by atoms with Gasteiger partial charge in [-0.15, -0.1) is 0 Å². The molecule has 0 amide bonds. The van der Waals surface area contributed by atoms with E-state index < -0.39 is 5.60 Å². The van der Waals surface area contributed by atoms with Gasteiger partial charge in [-0.25, -0.2) is 14.8 Å². The lowest BCUT2D eigenvalue weighted by Gasteiger charge is -2.20. The number of benzene rings is 3. The Kier molecular flexibility index (Phi) is 9.35. The topological polar surface area (TPSA) is 65.2 Å². The van der Waals surface area contributed by atoms with E-state index in [4.69, 9.17) is 14.7 Å². The molecule has 0 aliphatic carbocycles. The third-order valence-electron chi connectivity index (χ3n) is 8.09. The van der Waals surface area contributed by atoms with Gasteiger partial charge in [-0.2, -0.15) is 0 Å². The normalized spacial score (nSPS) is 11.9. The summed E-state index contributed by atoms with van der Waals surface area (Å²) in [6.45, 7) is 19.1. The van der Waals surface area contributed by atoms with Crippen LogP contribution in [-0.2, 0) is 24.2 Å². The van der Waals surface area contributed by atoms with E-state index in [9.17, 15) is 4.79 Å². The Morgan fingerprint density at radius 2 is 1.68 bits per heavy atom. The molecular weight excluding hydrogens is 546 g/mol. The van der Waals surface area contributed by atoms with Gasteiger partial charge in [-0.05, 0) is 81.2 Å². The number of carbonyl (C=O) groups is 1. The van der Waals surface area contributed by atoms with Crippen LogP contribution in [0.5, 0.6) is 0 Å². The van der Waals surface area contributed by atoms with Crippen molar-refractivity contribution in [3.05, 3.63) is 95.7 Å². The van der Waals surface area contributed by atoms with E-state index in [1.807, 2.05) is 51.4 Å². The van der Waals surface area contributed by atoms with E-state index in [-0.39, 0.29) is 5.97 Å². The van der Waals surface area contributed by atoms with Gasteiger partial charge < -0.3 is 18.8 Å². The van der Waals surface area contributed by atoms with Gasteiger partial charge >= 0.3 is 5.97 Å². The molecule has 0 bridgehead atoms. The van der Waals surface area contributed by atoms with E-state index in [0.717, 1.165) is 77.4 Å². The summed E-state index contributed by atoms with van der Waals surface area (Å²) < 4.78 is 10.2. The number of rotatable bonds is 11. The highest BCUT2D eigenvalue weighted by Gasteiger charge is 2.21. The van der Waals surface area contributed by atoms with Crippen molar-refractivity contribution in [1.29, 1.82) is 0 Å². The molecule has 3 aromatic carbocycles. The number of hydrogen-bond acceptors (Lipinski definition) is 5. The molecule has 230 valence electrons. The van der Waals surface area contributed by atoms with E-state index in [2.05, 4.69) is 84.3 Å². The summed E-state index contributed by atoms with van der Waals surface area (Å²) in [6, 6.07) is 20.5. The second kappa shape index (κ2) is 13.2. The van der Waals surface area contributed by atoms with E-state index in [1.54, 1.807) is 0 Å². The Hall–Kier alpha value is -4.23. The molecule has 44 heavy (non-hydrogen) atoms. The number of aromatic nitrogens is 4. The van der Waals surface area contributed by atoms with Crippen molar-refractivity contribution in [2.75, 3.05) is 19.6 Å². The number of hydrogen-bond donors (Lipinski definition) is 0. The summed E-state index contributed by atoms with van der Waals surface area (Å²) in [5.41, 5.74) is 8.43. The molecule has 0 aliphatic heterocycles. The predicted octanol–water partition coefficient (Wildman–Crippen LogP) is 7.78. The smallest absolute Gasteiger partial charge is 0.339 e. The van der Waals surface area contributed by atoms with Gasteiger partial charge in [0.1, 0.15) is 11.4 Å². The predicted molar refractivity (Wildman–Crippen MR) is 179 cm³/mol. The second-order valence-electron chi connectivity index (χ2n) is 12.4. The van der Waals surface area contributed by atoms with Crippen molar-refractivity contribution in [2.45, 2.75) is 73.6 Å². The average Bonchev–Trinajstić information content (AvgIpc) is 3.62. The summed E-state index contributed by atoms with van der Waals surface area (Å²) in [5, 5.41) is 0. The maximum absolute atomic E-state index is 12.9. The standard InChI is InChI=1S/C37H45N5O2/c1-8-34-39-35-26(4)21-29(32-24-41(25-38-32)20-19-40(9-2)10-3)22-33(35)42(34)23-27-15-17-28(18-16-27)30-13-11-12-14-31(30)36(43)44-37(5,6)7/h11-18,21-22,24-25H,8-10,19-20,23H2,1-7H3. The molecule has 5 rings (SSSR count). The molecule has 2 heterocycles. The minimum Gasteiger partial charge on any atom is -0.456 e. The molecule has 0 saturated heterocycles. The van der Waals surface area contributed by atoms with Gasteiger partial charge in [0.05, 0.1) is 28.6 Å². The van der Waals surface area contributed by atoms with E-state index in [0.29, 0.717) is 12.1 Å². The minimum atomic E-state index is -0.553. The van der Waals surface area contributed by atoms with Gasteiger partial charge in [0, 0.05) is 37.8 Å². The highest BCUT2D eigenvalue weighted by Crippen LogP contribution is 2.30. The van der Waals surface area contributed by atoms with Crippen LogP contribution in [0.1, 0.15) is 68.9 Å². The fraction of sp³-hybridized carbons (Fsp3) is 0.378. The van der Waals surface area contributed by atoms with E-state index in [1.165, 1.54) is 5.56 Å². The Balaban J connectivity index is 1.42. The fourth-order valence-electron chi connectivity index (χ4n) is 5.68. The molecule has 0 radical (unpaired) electrons. The lowest BCUT2D eigenvalue weighted by atomic mass is 9.98. The molecule has 0 aliphatic rings. The number of ether oxygens (including phenoxy) is 1. The maximum Gasteiger partial charge on any atom is 0.339 e. The van der Waals surface area contributed by atoms with Gasteiger partial charge in [-0.1, -0.05) is 63.2 Å². The minimum absolute atomic E-state index is 0.311. The summed E-state index contributed by atoms with van der Waals surface area (Å²) in [7, 11) is 0. The molecule has 0 atom stereocenters. The number of carbonyl (C=O) groups excluding carboxylic acids is 1. The van der Waals surface area contributed by atoms with Crippen LogP contribution in [0.15, 0.2) is 73.2 Å². The van der Waals surface area contributed by atoms with Crippen molar-refractivity contribution >= 4 is 17.0 Å². The number of aryl methyl sites for hydroxylation is 2. The molecule has 0 N–H and O–H groups in total. The largest absolute Gasteiger partial charge is 0.456 e. The third-order valence-corrected chi connectivity index (χ3v) is 8.09. The molecule has 5 aromatic rings. The SMILES string of the molecule is CCc1nc2c(C)cc(-c3cn(CCN(CC)CC)cn3)cc2n1Cc1ccc(-c2ccccc2C(=O)OC(C)(C)C)cc1. The first-order valence-corrected chi connectivity index (χ1v) is 15.8. The molecule has 0 spiro atoms. The first-order valence-electron chi connectivity index (χ1n) is 15.8. The number of esters is 1. The van der Waals surface area contributed by atoms with Crippen LogP contribution in [0.2, 0.25) is 0 Å². The van der Waals surface area contributed by atoms with Crippen LogP contribution in [-0.4, -0.2) is 55.2 Å². The summed E-state index contributed by atoms with van der Waals surface area (Å²) >= 11 is 0. The Bertz CT molecular complexity index is 1740. The number of imidazole rings is 2. The van der Waals surface area contributed by atoms with Gasteiger partial charge in [-0.3, -0.25) is 0 Å². The third kappa shape index (κ3) is 6.94. The average molecular weight is 592 g/mol. The fourth-order valence-corrected chi connectivity index (χ4v) is 5.68. The number of nitrogens with zero attached hydrogens (tertiary/aromatic N) is 5. The molecule has 0 fully saturated rings. The zero-order valence-electron chi connectivity index (χ0n) is 27.2. The molecule has 0 unspecified atom stereocenters. The second-order valence-corrected chi connectivity index (χ2v) is 12.4. The Morgan fingerprint density at radius 1 is 0.955 bits per heavy atom. The number of fused-ring (bicyclic) bond motifs is 1. The monoisotopic (exact) mass is 591 g/mol. The molecular formula is C37H45N5O2. The lowest BCUT2D eigenvalue weighted by molar-refractivity contribution is 0.00704. The molecule has 2 aromatic heterocycles. The quantitative estimate of drug-likeness (QED) is 0.147. The molecule has 0 saturated carbocycles. The Morgan fingerprint density at radius 3 is 2.36 bits per heavy atom. The number of likely N-dealkylation sites (N-methyl/N-ethyl adjacent to an activating group) is 1. The van der Waals surface area contributed by atoms with Crippen molar-refractivity contribution in [3.8, 4) is 22.4 Å². The van der Waals surface area contributed by atoms with Crippen LogP contribution in [0.25, 0.3) is 33.4 Å². The van der Waals surface area contributed by atoms with Crippen molar-refractivity contribution in [3.63, 3.8) is 0 Å². The Labute approximate surface area is 261 Å². The zero-order chi connectivity index (χ0) is 31.4. The first-order chi connectivity index (χ1) is 21.1. The van der Waals surface area contributed by atoms with Crippen molar-refractivity contribution in [2.24, 2.45) is 0 Å². The van der Waals surface area contributed by atoms with Gasteiger partial charge in [0.2, 0.25) is 0 Å². The van der Waals surface area contributed by atoms with Crippen LogP contribution in [0.3, 0.4) is 0 Å². The van der Waals surface area contributed by atoms with Gasteiger partial charge in [0.15, 0.2) is 0 Å². The van der Waals surface area contributed by atoms with Crippen molar-refractivity contribution in [1.82, 2.24) is 24.0 Å². The molecule has 7 nitrogen and oxygen atoms in total. The summed E-state index contributed by atoms with van der Waals surface area (Å²) in [5.74, 6) is 0.749. The van der Waals surface area contributed by atoms with Crippen LogP contribution in [0.4, 0.5) is 0 Å². The highest BCUT2D eigenvalue weighted by molar-refractivity contribution is 5.97. The zero-order valence-corrected chi connectivity index (χ0v) is 27.2. The summed E-state index contributed by atoms with van der Waals surface area (Å²) in [4.78, 5) is 25.2.